The van der Waals surface area contributed by atoms with Crippen molar-refractivity contribution < 1.29 is 24.0 Å². The van der Waals surface area contributed by atoms with Gasteiger partial charge < -0.3 is 14.8 Å². The van der Waals surface area contributed by atoms with E-state index in [4.69, 9.17) is 9.47 Å². The van der Waals surface area contributed by atoms with E-state index in [2.05, 4.69) is 5.32 Å². The molecule has 0 aliphatic heterocycles. The molecule has 8 nitrogen and oxygen atoms in total. The smallest absolute Gasteiger partial charge is 0.408 e. The van der Waals surface area contributed by atoms with Crippen molar-refractivity contribution in [3.05, 3.63) is 34.4 Å². The predicted molar refractivity (Wildman–Crippen MR) is 94.9 cm³/mol. The Morgan fingerprint density at radius 2 is 1.88 bits per heavy atom. The molecule has 0 heterocycles. The number of carbonyl (C=O) groups is 2. The van der Waals surface area contributed by atoms with Crippen LogP contribution in [0.15, 0.2) is 24.3 Å². The third-order valence-electron chi connectivity index (χ3n) is 2.85. The number of ether oxygens (including phenoxy) is 2. The Kier molecular flexibility index (Phi) is 7.69. The van der Waals surface area contributed by atoms with E-state index in [1.807, 2.05) is 6.26 Å². The SMILES string of the molecule is CSCC[C@H](NC(=O)OC(C)(C)C)C(=O)Oc1ccc([N+](=O)[O-])cc1. The highest BCUT2D eigenvalue weighted by molar-refractivity contribution is 7.98. The number of thioether (sulfide) groups is 1. The third-order valence-corrected chi connectivity index (χ3v) is 3.50. The van der Waals surface area contributed by atoms with Crippen LogP contribution in [0.3, 0.4) is 0 Å². The molecule has 1 amide bonds. The van der Waals surface area contributed by atoms with Crippen LogP contribution in [-0.4, -0.2) is 40.6 Å². The lowest BCUT2D eigenvalue weighted by Crippen LogP contribution is -2.45. The second-order valence-corrected chi connectivity index (χ2v) is 7.14. The van der Waals surface area contributed by atoms with Crippen molar-refractivity contribution in [3.8, 4) is 5.75 Å². The molecule has 0 bridgehead atoms. The Bertz CT molecular complexity index is 612. The van der Waals surface area contributed by atoms with Gasteiger partial charge in [0.2, 0.25) is 0 Å². The molecule has 0 aliphatic carbocycles. The molecular weight excluding hydrogens is 348 g/mol. The number of hydrogen-bond donors (Lipinski definition) is 1. The number of non-ortho nitro benzene ring substituents is 1. The Labute approximate surface area is 150 Å². The Morgan fingerprint density at radius 1 is 1.28 bits per heavy atom. The van der Waals surface area contributed by atoms with Gasteiger partial charge in [-0.05, 0) is 51.3 Å². The second kappa shape index (κ2) is 9.26. The summed E-state index contributed by atoms with van der Waals surface area (Å²) in [6.07, 6.45) is 1.54. The van der Waals surface area contributed by atoms with Gasteiger partial charge in [-0.1, -0.05) is 0 Å². The van der Waals surface area contributed by atoms with Crippen LogP contribution >= 0.6 is 11.8 Å². The van der Waals surface area contributed by atoms with Crippen LogP contribution in [0.1, 0.15) is 27.2 Å². The van der Waals surface area contributed by atoms with Gasteiger partial charge in [-0.3, -0.25) is 10.1 Å². The van der Waals surface area contributed by atoms with Gasteiger partial charge in [-0.15, -0.1) is 0 Å². The van der Waals surface area contributed by atoms with Crippen LogP contribution in [0.4, 0.5) is 10.5 Å². The largest absolute Gasteiger partial charge is 0.444 e. The summed E-state index contributed by atoms with van der Waals surface area (Å²) < 4.78 is 10.3. The van der Waals surface area contributed by atoms with E-state index in [1.54, 1.807) is 20.8 Å². The van der Waals surface area contributed by atoms with Gasteiger partial charge in [-0.25, -0.2) is 9.59 Å². The van der Waals surface area contributed by atoms with E-state index < -0.39 is 28.6 Å². The van der Waals surface area contributed by atoms with Crippen molar-refractivity contribution in [2.24, 2.45) is 0 Å². The number of alkyl carbamates (subject to hydrolysis) is 1. The van der Waals surface area contributed by atoms with Crippen molar-refractivity contribution in [3.63, 3.8) is 0 Å². The Hall–Kier alpha value is -2.29. The molecule has 1 rings (SSSR count). The Morgan fingerprint density at radius 3 is 2.36 bits per heavy atom. The van der Waals surface area contributed by atoms with Gasteiger partial charge in [0.25, 0.3) is 5.69 Å². The summed E-state index contributed by atoms with van der Waals surface area (Å²) in [5.41, 5.74) is -0.790. The minimum absolute atomic E-state index is 0.106. The minimum Gasteiger partial charge on any atom is -0.444 e. The quantitative estimate of drug-likeness (QED) is 0.340. The molecule has 1 atom stereocenters. The fourth-order valence-electron chi connectivity index (χ4n) is 1.76. The summed E-state index contributed by atoms with van der Waals surface area (Å²) in [6, 6.07) is 4.25. The zero-order chi connectivity index (χ0) is 19.0. The predicted octanol–water partition coefficient (Wildman–Crippen LogP) is 3.15. The number of nitrogens with one attached hydrogen (secondary N) is 1. The van der Waals surface area contributed by atoms with Gasteiger partial charge in [0.1, 0.15) is 17.4 Å². The molecule has 1 N–H and O–H groups in total. The highest BCUT2D eigenvalue weighted by Gasteiger charge is 2.25. The molecule has 1 aromatic rings. The van der Waals surface area contributed by atoms with E-state index in [0.717, 1.165) is 0 Å². The van der Waals surface area contributed by atoms with Crippen LogP contribution < -0.4 is 10.1 Å². The van der Waals surface area contributed by atoms with Crippen molar-refractivity contribution in [1.82, 2.24) is 5.32 Å². The first-order chi connectivity index (χ1) is 11.6. The highest BCUT2D eigenvalue weighted by atomic mass is 32.2. The van der Waals surface area contributed by atoms with Crippen molar-refractivity contribution in [2.45, 2.75) is 38.8 Å². The molecule has 0 saturated carbocycles. The normalized spacial score (nSPS) is 12.2. The van der Waals surface area contributed by atoms with Gasteiger partial charge in [0.05, 0.1) is 4.92 Å². The van der Waals surface area contributed by atoms with E-state index >= 15 is 0 Å². The topological polar surface area (TPSA) is 108 Å². The molecule has 138 valence electrons. The first-order valence-corrected chi connectivity index (χ1v) is 8.96. The zero-order valence-corrected chi connectivity index (χ0v) is 15.4. The standard InChI is InChI=1S/C16H22N2O6S/c1-16(2,3)24-15(20)17-13(9-10-25-4)14(19)23-12-7-5-11(6-8-12)18(21)22/h5-8,13H,9-10H2,1-4H3,(H,17,20)/t13-/m0/s1. The maximum atomic E-state index is 12.3. The summed E-state index contributed by atoms with van der Waals surface area (Å²) in [7, 11) is 0. The minimum atomic E-state index is -0.877. The van der Waals surface area contributed by atoms with Crippen LogP contribution in [0.25, 0.3) is 0 Å². The van der Waals surface area contributed by atoms with Gasteiger partial charge in [0.15, 0.2) is 0 Å². The van der Waals surface area contributed by atoms with Crippen LogP contribution in [-0.2, 0) is 9.53 Å². The molecule has 1 aromatic carbocycles. The summed E-state index contributed by atoms with van der Waals surface area (Å²) in [5.74, 6) is 0.139. The number of esters is 1. The average molecular weight is 370 g/mol. The third kappa shape index (κ3) is 7.88. The number of nitrogens with zero attached hydrogens (tertiary/aromatic N) is 1. The summed E-state index contributed by atoms with van der Waals surface area (Å²) in [6.45, 7) is 5.16. The fourth-order valence-corrected chi connectivity index (χ4v) is 2.23. The Balaban J connectivity index is 2.75. The molecule has 25 heavy (non-hydrogen) atoms. The molecule has 0 saturated heterocycles. The van der Waals surface area contributed by atoms with Crippen LogP contribution in [0, 0.1) is 10.1 Å². The first-order valence-electron chi connectivity index (χ1n) is 7.57. The van der Waals surface area contributed by atoms with Crippen molar-refractivity contribution >= 4 is 29.5 Å². The van der Waals surface area contributed by atoms with Crippen LogP contribution in [0.5, 0.6) is 5.75 Å². The number of hydrogen-bond acceptors (Lipinski definition) is 7. The molecule has 0 aliphatic rings. The number of carbonyl (C=O) groups excluding carboxylic acids is 2. The number of benzene rings is 1. The number of nitro groups is 1. The monoisotopic (exact) mass is 370 g/mol. The van der Waals surface area contributed by atoms with E-state index in [9.17, 15) is 19.7 Å². The molecular formula is C16H22N2O6S. The van der Waals surface area contributed by atoms with Gasteiger partial charge in [-0.2, -0.15) is 11.8 Å². The maximum Gasteiger partial charge on any atom is 0.408 e. The molecule has 0 aromatic heterocycles. The van der Waals surface area contributed by atoms with Gasteiger partial charge in [0, 0.05) is 12.1 Å². The zero-order valence-electron chi connectivity index (χ0n) is 14.6. The highest BCUT2D eigenvalue weighted by Crippen LogP contribution is 2.18. The molecule has 0 radical (unpaired) electrons. The van der Waals surface area contributed by atoms with Gasteiger partial charge >= 0.3 is 12.1 Å². The lowest BCUT2D eigenvalue weighted by molar-refractivity contribution is -0.384. The van der Waals surface area contributed by atoms with E-state index in [1.165, 1.54) is 36.0 Å². The maximum absolute atomic E-state index is 12.3. The number of amides is 1. The molecule has 9 heteroatoms. The molecule has 0 unspecified atom stereocenters. The first kappa shape index (κ1) is 20.8. The number of nitro benzene ring substituents is 1. The summed E-state index contributed by atoms with van der Waals surface area (Å²) in [5, 5.41) is 13.1. The average Bonchev–Trinajstić information content (AvgIpc) is 2.50. The lowest BCUT2D eigenvalue weighted by Gasteiger charge is -2.22. The number of rotatable bonds is 7. The van der Waals surface area contributed by atoms with Crippen molar-refractivity contribution in [1.29, 1.82) is 0 Å². The van der Waals surface area contributed by atoms with E-state index in [-0.39, 0.29) is 11.4 Å². The lowest BCUT2D eigenvalue weighted by atomic mass is 10.2. The second-order valence-electron chi connectivity index (χ2n) is 6.15. The summed E-state index contributed by atoms with van der Waals surface area (Å²) >= 11 is 1.52. The van der Waals surface area contributed by atoms with Crippen molar-refractivity contribution in [2.75, 3.05) is 12.0 Å². The fraction of sp³-hybridized carbons (Fsp3) is 0.500. The molecule has 0 spiro atoms. The molecule has 0 fully saturated rings. The van der Waals surface area contributed by atoms with E-state index in [0.29, 0.717) is 12.2 Å². The summed E-state index contributed by atoms with van der Waals surface area (Å²) in [4.78, 5) is 34.3. The van der Waals surface area contributed by atoms with Crippen LogP contribution in [0.2, 0.25) is 0 Å².